The van der Waals surface area contributed by atoms with Crippen LogP contribution in [0.2, 0.25) is 0 Å². The quantitative estimate of drug-likeness (QED) is 0.208. The van der Waals surface area contributed by atoms with E-state index in [2.05, 4.69) is 25.8 Å². The van der Waals surface area contributed by atoms with Crippen molar-refractivity contribution in [3.63, 3.8) is 0 Å². The molecule has 3 rings (SSSR count). The molecule has 7 heteroatoms. The van der Waals surface area contributed by atoms with Gasteiger partial charge in [-0.05, 0) is 0 Å². The maximum atomic E-state index is 7.88. The SMILES string of the molecule is CCCCP(Cl)(CCCC)(CCCC)c1nc(Oc2ccccc2)nc(Oc2ccccc2)n1. The van der Waals surface area contributed by atoms with Gasteiger partial charge in [0.2, 0.25) is 0 Å². The molecule has 0 fully saturated rings. The number of rotatable bonds is 14. The van der Waals surface area contributed by atoms with Crippen molar-refractivity contribution in [2.45, 2.75) is 59.3 Å². The van der Waals surface area contributed by atoms with Crippen LogP contribution in [0, 0.1) is 0 Å². The second kappa shape index (κ2) is 12.5. The van der Waals surface area contributed by atoms with E-state index in [1.807, 2.05) is 60.7 Å². The minimum absolute atomic E-state index is 0.223. The van der Waals surface area contributed by atoms with Crippen LogP contribution in [0.15, 0.2) is 60.7 Å². The molecule has 184 valence electrons. The molecule has 0 aliphatic carbocycles. The van der Waals surface area contributed by atoms with E-state index >= 15 is 0 Å². The first kappa shape index (κ1) is 26.4. The van der Waals surface area contributed by atoms with E-state index in [1.165, 1.54) is 0 Å². The molecule has 0 atom stereocenters. The van der Waals surface area contributed by atoms with Crippen LogP contribution in [0.4, 0.5) is 0 Å². The molecule has 5 nitrogen and oxygen atoms in total. The van der Waals surface area contributed by atoms with Gasteiger partial charge in [0.1, 0.15) is 0 Å². The van der Waals surface area contributed by atoms with E-state index in [-0.39, 0.29) is 12.0 Å². The van der Waals surface area contributed by atoms with Gasteiger partial charge in [0, 0.05) is 0 Å². The third-order valence-electron chi connectivity index (χ3n) is 6.06. The van der Waals surface area contributed by atoms with Gasteiger partial charge in [0.25, 0.3) is 0 Å². The van der Waals surface area contributed by atoms with Crippen LogP contribution in [0.3, 0.4) is 0 Å². The van der Waals surface area contributed by atoms with Gasteiger partial charge >= 0.3 is 209 Å². The molecule has 1 heterocycles. The fourth-order valence-electron chi connectivity index (χ4n) is 4.05. The zero-order valence-corrected chi connectivity index (χ0v) is 22.3. The molecule has 0 radical (unpaired) electrons. The minimum atomic E-state index is -2.99. The molecule has 0 N–H and O–H groups in total. The van der Waals surface area contributed by atoms with Crippen molar-refractivity contribution in [1.82, 2.24) is 15.0 Å². The average Bonchev–Trinajstić information content (AvgIpc) is 2.86. The number of para-hydroxylation sites is 2. The first-order chi connectivity index (χ1) is 16.5. The second-order valence-corrected chi connectivity index (χ2v) is 16.4. The predicted molar refractivity (Wildman–Crippen MR) is 145 cm³/mol. The number of hydrogen-bond acceptors (Lipinski definition) is 5. The summed E-state index contributed by atoms with van der Waals surface area (Å²) >= 11 is 7.88. The number of benzene rings is 2. The Balaban J connectivity index is 2.13. The van der Waals surface area contributed by atoms with Crippen LogP contribution >= 0.6 is 17.2 Å². The van der Waals surface area contributed by atoms with E-state index in [4.69, 9.17) is 30.7 Å². The van der Waals surface area contributed by atoms with Crippen LogP contribution in [0.1, 0.15) is 59.3 Å². The molecule has 0 aliphatic heterocycles. The number of hydrogen-bond donors (Lipinski definition) is 0. The zero-order valence-electron chi connectivity index (χ0n) is 20.6. The van der Waals surface area contributed by atoms with Crippen molar-refractivity contribution in [3.05, 3.63) is 60.7 Å². The summed E-state index contributed by atoms with van der Waals surface area (Å²) in [7, 11) is 0. The van der Waals surface area contributed by atoms with Gasteiger partial charge < -0.3 is 0 Å². The fraction of sp³-hybridized carbons (Fsp3) is 0.444. The summed E-state index contributed by atoms with van der Waals surface area (Å²) < 4.78 is 12.1. The van der Waals surface area contributed by atoms with Crippen LogP contribution < -0.4 is 15.0 Å². The molecule has 0 unspecified atom stereocenters. The van der Waals surface area contributed by atoms with Crippen molar-refractivity contribution in [2.24, 2.45) is 0 Å². The Labute approximate surface area is 209 Å². The molecular weight excluding hydrogens is 465 g/mol. The summed E-state index contributed by atoms with van der Waals surface area (Å²) in [6, 6.07) is 19.5. The molecule has 1 aromatic heterocycles. The Morgan fingerprint density at radius 2 is 1.00 bits per heavy atom. The Hall–Kier alpha value is -2.23. The molecule has 3 aromatic rings. The van der Waals surface area contributed by atoms with E-state index < -0.39 is 5.96 Å². The van der Waals surface area contributed by atoms with Crippen LogP contribution in [0.5, 0.6) is 23.5 Å². The topological polar surface area (TPSA) is 57.1 Å². The van der Waals surface area contributed by atoms with Crippen molar-refractivity contribution < 1.29 is 9.47 Å². The Bertz CT molecular complexity index is 937. The molecule has 34 heavy (non-hydrogen) atoms. The number of nitrogens with zero attached hydrogens (tertiary/aromatic N) is 3. The van der Waals surface area contributed by atoms with Crippen LogP contribution in [-0.2, 0) is 0 Å². The molecule has 0 bridgehead atoms. The van der Waals surface area contributed by atoms with Gasteiger partial charge in [0.15, 0.2) is 0 Å². The van der Waals surface area contributed by atoms with E-state index in [0.717, 1.165) is 57.0 Å². The normalized spacial score (nSPS) is 12.6. The van der Waals surface area contributed by atoms with Crippen LogP contribution in [0.25, 0.3) is 0 Å². The molecule has 0 saturated carbocycles. The van der Waals surface area contributed by atoms with Gasteiger partial charge in [-0.15, -0.1) is 0 Å². The summed E-state index contributed by atoms with van der Waals surface area (Å²) in [4.78, 5) is 14.3. The Morgan fingerprint density at radius 1 is 0.618 bits per heavy atom. The van der Waals surface area contributed by atoms with Crippen molar-refractivity contribution in [2.75, 3.05) is 18.5 Å². The van der Waals surface area contributed by atoms with Crippen molar-refractivity contribution in [3.8, 4) is 23.5 Å². The molecule has 2 aromatic carbocycles. The van der Waals surface area contributed by atoms with Crippen molar-refractivity contribution >= 4 is 22.8 Å². The van der Waals surface area contributed by atoms with Gasteiger partial charge in [-0.3, -0.25) is 0 Å². The van der Waals surface area contributed by atoms with E-state index in [0.29, 0.717) is 17.1 Å². The predicted octanol–water partition coefficient (Wildman–Crippen LogP) is 8.19. The van der Waals surface area contributed by atoms with Gasteiger partial charge in [-0.1, -0.05) is 0 Å². The molecule has 0 amide bonds. The van der Waals surface area contributed by atoms with Crippen molar-refractivity contribution in [1.29, 1.82) is 0 Å². The summed E-state index contributed by atoms with van der Waals surface area (Å²) in [5.74, 6) is -1.66. The number of ether oxygens (including phenoxy) is 2. The Morgan fingerprint density at radius 3 is 1.35 bits per heavy atom. The first-order valence-electron chi connectivity index (χ1n) is 12.4. The number of unbranched alkanes of at least 4 members (excludes halogenated alkanes) is 3. The maximum absolute atomic E-state index is 7.88. The molecular formula is C27H37ClN3O2P. The average molecular weight is 502 g/mol. The third kappa shape index (κ3) is 6.90. The summed E-state index contributed by atoms with van der Waals surface area (Å²) in [5.41, 5.74) is 0.676. The van der Waals surface area contributed by atoms with Gasteiger partial charge in [0.05, 0.1) is 0 Å². The molecule has 0 spiro atoms. The fourth-order valence-corrected chi connectivity index (χ4v) is 10.4. The summed E-state index contributed by atoms with van der Waals surface area (Å²) in [6.45, 7) is 6.62. The standard InChI is InChI=1S/C27H37ClN3O2P/c1-4-7-20-34(28,21-8-5-2,22-9-6-3)27-30-25(32-23-16-12-10-13-17-23)29-26(31-27)33-24-18-14-11-15-19-24/h10-19H,4-9,20-22H2,1-3H3. The number of halogens is 1. The summed E-state index contributed by atoms with van der Waals surface area (Å²) in [5, 5.41) is 0. The van der Waals surface area contributed by atoms with E-state index in [9.17, 15) is 0 Å². The van der Waals surface area contributed by atoms with Gasteiger partial charge in [-0.25, -0.2) is 0 Å². The summed E-state index contributed by atoms with van der Waals surface area (Å²) in [6.07, 6.45) is 9.13. The second-order valence-electron chi connectivity index (χ2n) is 8.85. The first-order valence-corrected chi connectivity index (χ1v) is 16.1. The van der Waals surface area contributed by atoms with Gasteiger partial charge in [-0.2, -0.15) is 0 Å². The molecule has 0 aliphatic rings. The number of aromatic nitrogens is 3. The third-order valence-corrected chi connectivity index (χ3v) is 13.3. The van der Waals surface area contributed by atoms with E-state index in [1.54, 1.807) is 0 Å². The van der Waals surface area contributed by atoms with Crippen LogP contribution in [-0.4, -0.2) is 33.4 Å². The zero-order chi connectivity index (χ0) is 24.3. The Kier molecular flexibility index (Phi) is 9.67. The molecule has 0 saturated heterocycles. The monoisotopic (exact) mass is 501 g/mol.